The Hall–Kier alpha value is -3.08. The number of nitrogens with zero attached hydrogens (tertiary/aromatic N) is 2. The molecule has 0 saturated carbocycles. The van der Waals surface area contributed by atoms with Crippen molar-refractivity contribution in [1.29, 1.82) is 0 Å². The number of nitrogens with one attached hydrogen (secondary N) is 1. The lowest BCUT2D eigenvalue weighted by Crippen LogP contribution is -2.20. The van der Waals surface area contributed by atoms with Crippen LogP contribution < -0.4 is 9.57 Å². The molecule has 0 aliphatic heterocycles. The highest BCUT2D eigenvalue weighted by Gasteiger charge is 2.19. The number of hydrogen-bond acceptors (Lipinski definition) is 6. The molecule has 2 aromatic rings. The zero-order valence-electron chi connectivity index (χ0n) is 14.9. The number of ether oxygens (including phenoxy) is 1. The lowest BCUT2D eigenvalue weighted by Gasteiger charge is -2.09. The van der Waals surface area contributed by atoms with Gasteiger partial charge in [0.25, 0.3) is 15.7 Å². The number of rotatable bonds is 8. The van der Waals surface area contributed by atoms with Gasteiger partial charge >= 0.3 is 6.61 Å². The molecule has 0 saturated heterocycles. The minimum Gasteiger partial charge on any atom is -0.435 e. The summed E-state index contributed by atoms with van der Waals surface area (Å²) in [5.41, 5.74) is 0.848. The zero-order chi connectivity index (χ0) is 20.9. The fourth-order valence-corrected chi connectivity index (χ4v) is 3.15. The quantitative estimate of drug-likeness (QED) is 0.404. The van der Waals surface area contributed by atoms with E-state index >= 15 is 0 Å². The highest BCUT2D eigenvalue weighted by molar-refractivity contribution is 7.89. The molecule has 8 nitrogen and oxygen atoms in total. The van der Waals surface area contributed by atoms with Crippen molar-refractivity contribution in [3.05, 3.63) is 63.7 Å². The third-order valence-corrected chi connectivity index (χ3v) is 4.94. The molecular formula is C17H17F2N3O5S. The van der Waals surface area contributed by atoms with Crippen molar-refractivity contribution in [2.45, 2.75) is 31.8 Å². The molecule has 0 atom stereocenters. The number of nitro groups is 1. The van der Waals surface area contributed by atoms with Gasteiger partial charge in [0.2, 0.25) is 0 Å². The van der Waals surface area contributed by atoms with Crippen LogP contribution in [0.2, 0.25) is 0 Å². The molecular weight excluding hydrogens is 396 g/mol. The van der Waals surface area contributed by atoms with E-state index in [1.54, 1.807) is 6.92 Å². The molecule has 28 heavy (non-hydrogen) atoms. The Bertz CT molecular complexity index is 992. The molecule has 0 spiro atoms. The van der Waals surface area contributed by atoms with Crippen LogP contribution in [0.4, 0.5) is 14.5 Å². The van der Waals surface area contributed by atoms with E-state index in [1.807, 2.05) is 4.83 Å². The van der Waals surface area contributed by atoms with E-state index in [1.165, 1.54) is 43.3 Å². The summed E-state index contributed by atoms with van der Waals surface area (Å²) < 4.78 is 53.5. The second-order valence-corrected chi connectivity index (χ2v) is 7.28. The lowest BCUT2D eigenvalue weighted by molar-refractivity contribution is -0.385. The molecule has 0 heterocycles. The van der Waals surface area contributed by atoms with Crippen molar-refractivity contribution in [2.24, 2.45) is 5.10 Å². The van der Waals surface area contributed by atoms with Crippen molar-refractivity contribution < 1.29 is 26.9 Å². The maximum atomic E-state index is 12.4. The first-order valence-electron chi connectivity index (χ1n) is 8.02. The third-order valence-electron chi connectivity index (χ3n) is 3.74. The number of alkyl halides is 2. The van der Waals surface area contributed by atoms with Crippen LogP contribution in [0.1, 0.15) is 24.5 Å². The smallest absolute Gasteiger partial charge is 0.387 e. The summed E-state index contributed by atoms with van der Waals surface area (Å²) in [6.07, 6.45) is 0.339. The second-order valence-electron chi connectivity index (χ2n) is 5.62. The predicted molar refractivity (Wildman–Crippen MR) is 98.1 cm³/mol. The zero-order valence-corrected chi connectivity index (χ0v) is 15.7. The highest BCUT2D eigenvalue weighted by atomic mass is 32.2. The van der Waals surface area contributed by atoms with Crippen LogP contribution in [-0.2, 0) is 10.0 Å². The summed E-state index contributed by atoms with van der Waals surface area (Å²) in [6.45, 7) is 0.278. The van der Waals surface area contributed by atoms with Gasteiger partial charge in [-0.1, -0.05) is 13.0 Å². The van der Waals surface area contributed by atoms with Crippen molar-refractivity contribution >= 4 is 21.4 Å². The number of sulfonamides is 1. The highest BCUT2D eigenvalue weighted by Crippen LogP contribution is 2.22. The molecule has 0 amide bonds. The summed E-state index contributed by atoms with van der Waals surface area (Å²) in [6, 6.07) is 9.07. The van der Waals surface area contributed by atoms with Gasteiger partial charge in [-0.3, -0.25) is 10.1 Å². The molecule has 0 aliphatic carbocycles. The molecule has 0 unspecified atom stereocenters. The third kappa shape index (κ3) is 5.22. The lowest BCUT2D eigenvalue weighted by atomic mass is 10.1. The SMILES string of the molecule is CCC(=NNS(=O)(=O)c1ccc(C)c([N+](=O)[O-])c1)c1ccc(OC(F)F)cc1. The molecule has 2 rings (SSSR count). The first-order chi connectivity index (χ1) is 13.1. The Balaban J connectivity index is 2.26. The summed E-state index contributed by atoms with van der Waals surface area (Å²) >= 11 is 0. The first-order valence-corrected chi connectivity index (χ1v) is 9.51. The van der Waals surface area contributed by atoms with Gasteiger partial charge in [0.15, 0.2) is 0 Å². The Morgan fingerprint density at radius 1 is 1.25 bits per heavy atom. The van der Waals surface area contributed by atoms with E-state index < -0.39 is 21.6 Å². The van der Waals surface area contributed by atoms with E-state index in [-0.39, 0.29) is 16.3 Å². The molecule has 0 radical (unpaired) electrons. The second kappa shape index (κ2) is 8.74. The molecule has 0 aliphatic rings. The summed E-state index contributed by atoms with van der Waals surface area (Å²) in [5, 5.41) is 14.9. The number of nitro benzene ring substituents is 1. The van der Waals surface area contributed by atoms with Gasteiger partial charge in [0, 0.05) is 11.6 Å². The van der Waals surface area contributed by atoms with Crippen LogP contribution in [0.25, 0.3) is 0 Å². The number of benzene rings is 2. The number of hydrogen-bond donors (Lipinski definition) is 1. The molecule has 2 aromatic carbocycles. The van der Waals surface area contributed by atoms with Gasteiger partial charge < -0.3 is 4.74 Å². The minimum absolute atomic E-state index is 0.0400. The van der Waals surface area contributed by atoms with E-state index in [0.29, 0.717) is 23.3 Å². The predicted octanol–water partition coefficient (Wildman–Crippen LogP) is 3.60. The average molecular weight is 413 g/mol. The van der Waals surface area contributed by atoms with Gasteiger partial charge in [0.05, 0.1) is 15.5 Å². The molecule has 1 N–H and O–H groups in total. The van der Waals surface area contributed by atoms with Crippen molar-refractivity contribution in [3.63, 3.8) is 0 Å². The van der Waals surface area contributed by atoms with Crippen molar-refractivity contribution in [2.75, 3.05) is 0 Å². The molecule has 11 heteroatoms. The Morgan fingerprint density at radius 2 is 1.89 bits per heavy atom. The average Bonchev–Trinajstić information content (AvgIpc) is 2.63. The fourth-order valence-electron chi connectivity index (χ4n) is 2.30. The molecule has 150 valence electrons. The molecule has 0 fully saturated rings. The normalized spacial score (nSPS) is 12.1. The van der Waals surface area contributed by atoms with E-state index in [4.69, 9.17) is 0 Å². The van der Waals surface area contributed by atoms with Crippen LogP contribution in [-0.4, -0.2) is 25.7 Å². The summed E-state index contributed by atoms with van der Waals surface area (Å²) in [5.74, 6) is -0.0400. The van der Waals surface area contributed by atoms with Gasteiger partial charge in [-0.25, -0.2) is 0 Å². The maximum Gasteiger partial charge on any atom is 0.387 e. The van der Waals surface area contributed by atoms with Gasteiger partial charge in [0.1, 0.15) is 5.75 Å². The monoisotopic (exact) mass is 413 g/mol. The van der Waals surface area contributed by atoms with E-state index in [0.717, 1.165) is 6.07 Å². The number of hydrazone groups is 1. The van der Waals surface area contributed by atoms with Gasteiger partial charge in [-0.15, -0.1) is 0 Å². The minimum atomic E-state index is -4.14. The maximum absolute atomic E-state index is 12.4. The van der Waals surface area contributed by atoms with E-state index in [2.05, 4.69) is 9.84 Å². The first kappa shape index (κ1) is 21.2. The van der Waals surface area contributed by atoms with Crippen LogP contribution in [0.3, 0.4) is 0 Å². The molecule has 0 bridgehead atoms. The van der Waals surface area contributed by atoms with Crippen LogP contribution >= 0.6 is 0 Å². The molecule has 0 aromatic heterocycles. The van der Waals surface area contributed by atoms with Gasteiger partial charge in [-0.05, 0) is 49.2 Å². The largest absolute Gasteiger partial charge is 0.435 e. The Labute approximate surface area is 160 Å². The van der Waals surface area contributed by atoms with Crippen LogP contribution in [0.15, 0.2) is 52.5 Å². The van der Waals surface area contributed by atoms with Crippen molar-refractivity contribution in [1.82, 2.24) is 4.83 Å². The summed E-state index contributed by atoms with van der Waals surface area (Å²) in [7, 11) is -4.14. The summed E-state index contributed by atoms with van der Waals surface area (Å²) in [4.78, 5) is 12.1. The van der Waals surface area contributed by atoms with Crippen LogP contribution in [0, 0.1) is 17.0 Å². The van der Waals surface area contributed by atoms with Crippen molar-refractivity contribution in [3.8, 4) is 5.75 Å². The van der Waals surface area contributed by atoms with Gasteiger partial charge in [-0.2, -0.15) is 27.1 Å². The fraction of sp³-hybridized carbons (Fsp3) is 0.235. The topological polar surface area (TPSA) is 111 Å². The number of halogens is 2. The Morgan fingerprint density at radius 3 is 2.43 bits per heavy atom. The standard InChI is InChI=1S/C17H17F2N3O5S/c1-3-15(12-5-7-13(8-6-12)27-17(18)19)20-21-28(25,26)14-9-4-11(2)16(10-14)22(23)24/h4-10,17,21H,3H2,1-2H3. The Kier molecular flexibility index (Phi) is 6.62. The van der Waals surface area contributed by atoms with E-state index in [9.17, 15) is 27.3 Å². The number of aryl methyl sites for hydroxylation is 1. The van der Waals surface area contributed by atoms with Crippen LogP contribution in [0.5, 0.6) is 5.75 Å².